The molecule has 6 rings (SSSR count). The number of aryl methyl sites for hydroxylation is 1. The summed E-state index contributed by atoms with van der Waals surface area (Å²) in [6.45, 7) is 5.65. The van der Waals surface area contributed by atoms with E-state index in [-0.39, 0.29) is 11.6 Å². The maximum atomic E-state index is 13.8. The number of pyridine rings is 1. The van der Waals surface area contributed by atoms with E-state index in [0.29, 0.717) is 31.1 Å². The molecule has 3 aromatic heterocycles. The summed E-state index contributed by atoms with van der Waals surface area (Å²) in [4.78, 5) is 19.1. The van der Waals surface area contributed by atoms with Crippen molar-refractivity contribution in [1.82, 2.24) is 30.1 Å². The van der Waals surface area contributed by atoms with Gasteiger partial charge in [0.2, 0.25) is 0 Å². The molecular formula is C31H34N6O3. The molecule has 1 aliphatic carbocycles. The Morgan fingerprint density at radius 1 is 1.10 bits per heavy atom. The number of nitrogens with one attached hydrogen (secondary N) is 1. The van der Waals surface area contributed by atoms with Gasteiger partial charge in [-0.25, -0.2) is 4.68 Å². The zero-order chi connectivity index (χ0) is 27.5. The lowest BCUT2D eigenvalue weighted by atomic mass is 10.0. The van der Waals surface area contributed by atoms with Crippen LogP contribution in [0.1, 0.15) is 73.0 Å². The van der Waals surface area contributed by atoms with Crippen molar-refractivity contribution in [3.63, 3.8) is 0 Å². The number of ether oxygens (including phenoxy) is 1. The van der Waals surface area contributed by atoms with E-state index in [4.69, 9.17) is 9.15 Å². The Morgan fingerprint density at radius 2 is 1.93 bits per heavy atom. The van der Waals surface area contributed by atoms with Crippen LogP contribution >= 0.6 is 0 Å². The second-order valence-corrected chi connectivity index (χ2v) is 10.5. The molecule has 1 saturated carbocycles. The number of benzene rings is 2. The smallest absolute Gasteiger partial charge is 0.253 e. The Bertz CT molecular complexity index is 1620. The molecule has 40 heavy (non-hydrogen) atoms. The number of aromatic amines is 1. The van der Waals surface area contributed by atoms with Crippen molar-refractivity contribution in [2.75, 3.05) is 6.61 Å². The van der Waals surface area contributed by atoms with Crippen molar-refractivity contribution in [3.8, 4) is 5.75 Å². The van der Waals surface area contributed by atoms with Gasteiger partial charge < -0.3 is 14.1 Å². The Labute approximate surface area is 232 Å². The van der Waals surface area contributed by atoms with Gasteiger partial charge in [-0.05, 0) is 90.5 Å². The van der Waals surface area contributed by atoms with Gasteiger partial charge in [0.15, 0.2) is 5.82 Å². The fraction of sp³-hybridized carbons (Fsp3) is 0.355. The van der Waals surface area contributed by atoms with Crippen LogP contribution in [0.3, 0.4) is 0 Å². The molecule has 206 valence electrons. The number of aromatic nitrogens is 5. The summed E-state index contributed by atoms with van der Waals surface area (Å²) in [6.07, 6.45) is 6.01. The molecule has 5 aromatic rings. The molecule has 9 heteroatoms. The van der Waals surface area contributed by atoms with Gasteiger partial charge >= 0.3 is 0 Å². The van der Waals surface area contributed by atoms with E-state index in [1.54, 1.807) is 6.26 Å². The standard InChI is InChI=1S/C31H34N6O3/c1-3-39-25-13-11-22(12-14-25)19-36(20-26-9-6-16-40-26)29(30-33-34-35-37(30)24-7-4-5-8-24)27-18-23-17-21(2)10-15-28(23)32-31(27)38/h6,9-18,24,29H,3-5,7-8,19-20H2,1-2H3,(H,32,38)/t29-/m1/s1. The monoisotopic (exact) mass is 538 g/mol. The Hall–Kier alpha value is -4.24. The average molecular weight is 539 g/mol. The minimum atomic E-state index is -0.513. The highest BCUT2D eigenvalue weighted by Crippen LogP contribution is 2.35. The Kier molecular flexibility index (Phi) is 7.46. The summed E-state index contributed by atoms with van der Waals surface area (Å²) in [5.41, 5.74) is 3.45. The van der Waals surface area contributed by atoms with E-state index in [1.165, 1.54) is 0 Å². The first-order chi connectivity index (χ1) is 19.6. The van der Waals surface area contributed by atoms with E-state index in [0.717, 1.165) is 59.2 Å². The molecule has 0 spiro atoms. The number of hydrogen-bond donors (Lipinski definition) is 1. The third-order valence-corrected chi connectivity index (χ3v) is 7.68. The lowest BCUT2D eigenvalue weighted by Gasteiger charge is -2.31. The molecule has 0 aliphatic heterocycles. The quantitative estimate of drug-likeness (QED) is 0.243. The fourth-order valence-corrected chi connectivity index (χ4v) is 5.77. The van der Waals surface area contributed by atoms with Crippen molar-refractivity contribution in [1.29, 1.82) is 0 Å². The van der Waals surface area contributed by atoms with Crippen molar-refractivity contribution < 1.29 is 9.15 Å². The third-order valence-electron chi connectivity index (χ3n) is 7.68. The maximum absolute atomic E-state index is 13.8. The molecule has 2 aromatic carbocycles. The highest BCUT2D eigenvalue weighted by atomic mass is 16.5. The molecular weight excluding hydrogens is 504 g/mol. The molecule has 0 radical (unpaired) electrons. The van der Waals surface area contributed by atoms with Crippen LogP contribution in [-0.2, 0) is 13.1 Å². The summed E-state index contributed by atoms with van der Waals surface area (Å²) in [5, 5.41) is 14.1. The first-order valence-corrected chi connectivity index (χ1v) is 14.0. The van der Waals surface area contributed by atoms with Gasteiger partial charge in [-0.15, -0.1) is 5.10 Å². The summed E-state index contributed by atoms with van der Waals surface area (Å²) in [6, 6.07) is 19.7. The fourth-order valence-electron chi connectivity index (χ4n) is 5.77. The largest absolute Gasteiger partial charge is 0.494 e. The number of hydrogen-bond acceptors (Lipinski definition) is 7. The third kappa shape index (κ3) is 5.42. The van der Waals surface area contributed by atoms with Crippen molar-refractivity contribution in [2.45, 2.75) is 64.7 Å². The molecule has 0 amide bonds. The molecule has 0 bridgehead atoms. The van der Waals surface area contributed by atoms with E-state index in [2.05, 4.69) is 50.5 Å². The lowest BCUT2D eigenvalue weighted by molar-refractivity contribution is 0.176. The highest BCUT2D eigenvalue weighted by molar-refractivity contribution is 5.79. The highest BCUT2D eigenvalue weighted by Gasteiger charge is 2.34. The molecule has 1 aliphatic rings. The summed E-state index contributed by atoms with van der Waals surface area (Å²) >= 11 is 0. The van der Waals surface area contributed by atoms with Crippen LogP contribution in [0.4, 0.5) is 0 Å². The first-order valence-electron chi connectivity index (χ1n) is 14.0. The minimum absolute atomic E-state index is 0.154. The number of H-pyrrole nitrogens is 1. The van der Waals surface area contributed by atoms with E-state index < -0.39 is 6.04 Å². The number of rotatable bonds is 10. The minimum Gasteiger partial charge on any atom is -0.494 e. The number of tetrazole rings is 1. The SMILES string of the molecule is CCOc1ccc(CN(Cc2ccco2)[C@H](c2cc3cc(C)ccc3[nH]c2=O)c2nnnn2C2CCCC2)cc1. The molecule has 0 saturated heterocycles. The number of furan rings is 1. The molecule has 1 N–H and O–H groups in total. The molecule has 3 heterocycles. The lowest BCUT2D eigenvalue weighted by Crippen LogP contribution is -2.35. The zero-order valence-electron chi connectivity index (χ0n) is 22.9. The van der Waals surface area contributed by atoms with E-state index >= 15 is 0 Å². The van der Waals surface area contributed by atoms with Gasteiger partial charge in [-0.2, -0.15) is 0 Å². The first kappa shape index (κ1) is 26.0. The van der Waals surface area contributed by atoms with Crippen LogP contribution in [0, 0.1) is 6.92 Å². The van der Waals surface area contributed by atoms with Gasteiger partial charge in [0, 0.05) is 17.6 Å². The van der Waals surface area contributed by atoms with Crippen LogP contribution in [-0.4, -0.2) is 36.7 Å². The van der Waals surface area contributed by atoms with Crippen LogP contribution in [0.15, 0.2) is 76.1 Å². The summed E-state index contributed by atoms with van der Waals surface area (Å²) < 4.78 is 13.4. The van der Waals surface area contributed by atoms with Gasteiger partial charge in [0.1, 0.15) is 17.6 Å². The molecule has 1 atom stereocenters. The van der Waals surface area contributed by atoms with E-state index in [1.807, 2.05) is 54.1 Å². The normalized spacial score (nSPS) is 14.8. The average Bonchev–Trinajstić information content (AvgIpc) is 3.74. The van der Waals surface area contributed by atoms with Crippen molar-refractivity contribution in [2.24, 2.45) is 0 Å². The maximum Gasteiger partial charge on any atom is 0.253 e. The second kappa shape index (κ2) is 11.5. The van der Waals surface area contributed by atoms with Crippen LogP contribution in [0.25, 0.3) is 10.9 Å². The van der Waals surface area contributed by atoms with Crippen LogP contribution in [0.5, 0.6) is 5.75 Å². The predicted molar refractivity (Wildman–Crippen MR) is 152 cm³/mol. The number of fused-ring (bicyclic) bond motifs is 1. The van der Waals surface area contributed by atoms with Crippen LogP contribution < -0.4 is 10.3 Å². The number of nitrogens with zero attached hydrogens (tertiary/aromatic N) is 5. The van der Waals surface area contributed by atoms with Gasteiger partial charge in [0.25, 0.3) is 5.56 Å². The predicted octanol–water partition coefficient (Wildman–Crippen LogP) is 5.72. The summed E-state index contributed by atoms with van der Waals surface area (Å²) in [5.74, 6) is 2.29. The Balaban J connectivity index is 1.50. The van der Waals surface area contributed by atoms with E-state index in [9.17, 15) is 4.79 Å². The van der Waals surface area contributed by atoms with Crippen molar-refractivity contribution >= 4 is 10.9 Å². The van der Waals surface area contributed by atoms with Crippen LogP contribution in [0.2, 0.25) is 0 Å². The molecule has 1 fully saturated rings. The Morgan fingerprint density at radius 3 is 2.67 bits per heavy atom. The topological polar surface area (TPSA) is 102 Å². The summed E-state index contributed by atoms with van der Waals surface area (Å²) in [7, 11) is 0. The molecule has 0 unspecified atom stereocenters. The van der Waals surface area contributed by atoms with Gasteiger partial charge in [-0.3, -0.25) is 9.69 Å². The van der Waals surface area contributed by atoms with Gasteiger partial charge in [-0.1, -0.05) is 36.6 Å². The second-order valence-electron chi connectivity index (χ2n) is 10.5. The van der Waals surface area contributed by atoms with Crippen molar-refractivity contribution in [3.05, 3.63) is 106 Å². The molecule has 9 nitrogen and oxygen atoms in total. The zero-order valence-corrected chi connectivity index (χ0v) is 22.9. The van der Waals surface area contributed by atoms with Gasteiger partial charge in [0.05, 0.1) is 25.5 Å².